The summed E-state index contributed by atoms with van der Waals surface area (Å²) < 4.78 is 5.01. The number of hydrogen-bond donors (Lipinski definition) is 1. The van der Waals surface area contributed by atoms with Crippen molar-refractivity contribution < 1.29 is 14.3 Å². The number of esters is 1. The first-order valence-corrected chi connectivity index (χ1v) is 8.51. The molecule has 0 spiro atoms. The number of benzene rings is 1. The zero-order chi connectivity index (χ0) is 17.0. The first-order chi connectivity index (χ1) is 10.9. The predicted octanol–water partition coefficient (Wildman–Crippen LogP) is 4.09. The van der Waals surface area contributed by atoms with Gasteiger partial charge in [0.15, 0.2) is 5.78 Å². The smallest absolute Gasteiger partial charge is 0.355 e. The summed E-state index contributed by atoms with van der Waals surface area (Å²) in [6.45, 7) is 7.68. The maximum atomic E-state index is 12.5. The number of aryl methyl sites for hydroxylation is 2. The SMILES string of the molecule is CCOC(=O)c1[nH]c(C)c(C(=O)CSc2ccc(C)cc2)c1C. The quantitative estimate of drug-likeness (QED) is 0.492. The second-order valence-corrected chi connectivity index (χ2v) is 6.42. The van der Waals surface area contributed by atoms with Gasteiger partial charge in [-0.1, -0.05) is 17.7 Å². The number of Topliss-reactive ketones (excluding diaryl/α,β-unsaturated/α-hetero) is 1. The van der Waals surface area contributed by atoms with Gasteiger partial charge >= 0.3 is 5.97 Å². The Morgan fingerprint density at radius 1 is 1.13 bits per heavy atom. The molecular formula is C18H21NO3S. The van der Waals surface area contributed by atoms with E-state index in [9.17, 15) is 9.59 Å². The van der Waals surface area contributed by atoms with Crippen LogP contribution in [-0.2, 0) is 4.74 Å². The standard InChI is InChI=1S/C18H21NO3S/c1-5-22-18(21)17-12(3)16(13(4)19-17)15(20)10-23-14-8-6-11(2)7-9-14/h6-9,19H,5,10H2,1-4H3. The van der Waals surface area contributed by atoms with Crippen molar-refractivity contribution in [1.29, 1.82) is 0 Å². The molecule has 0 aliphatic rings. The van der Waals surface area contributed by atoms with Crippen molar-refractivity contribution in [3.8, 4) is 0 Å². The zero-order valence-electron chi connectivity index (χ0n) is 13.9. The zero-order valence-corrected chi connectivity index (χ0v) is 14.7. The van der Waals surface area contributed by atoms with Crippen molar-refractivity contribution in [2.45, 2.75) is 32.6 Å². The maximum Gasteiger partial charge on any atom is 0.355 e. The number of rotatable bonds is 6. The summed E-state index contributed by atoms with van der Waals surface area (Å²) in [6.07, 6.45) is 0. The summed E-state index contributed by atoms with van der Waals surface area (Å²) in [6, 6.07) is 8.07. The highest BCUT2D eigenvalue weighted by atomic mass is 32.2. The largest absolute Gasteiger partial charge is 0.461 e. The van der Waals surface area contributed by atoms with Crippen LogP contribution in [-0.4, -0.2) is 29.1 Å². The van der Waals surface area contributed by atoms with Gasteiger partial charge in [-0.25, -0.2) is 4.79 Å². The molecule has 0 atom stereocenters. The van der Waals surface area contributed by atoms with Gasteiger partial charge in [0.2, 0.25) is 0 Å². The molecule has 0 aliphatic heterocycles. The van der Waals surface area contributed by atoms with E-state index in [1.165, 1.54) is 17.3 Å². The van der Waals surface area contributed by atoms with Crippen molar-refractivity contribution in [1.82, 2.24) is 4.98 Å². The van der Waals surface area contributed by atoms with E-state index in [0.717, 1.165) is 4.90 Å². The van der Waals surface area contributed by atoms with Crippen LogP contribution < -0.4 is 0 Å². The summed E-state index contributed by atoms with van der Waals surface area (Å²) in [4.78, 5) is 28.5. The van der Waals surface area contributed by atoms with Gasteiger partial charge in [-0.2, -0.15) is 0 Å². The fourth-order valence-corrected chi connectivity index (χ4v) is 3.20. The number of hydrogen-bond acceptors (Lipinski definition) is 4. The Hall–Kier alpha value is -2.01. The Morgan fingerprint density at radius 2 is 1.78 bits per heavy atom. The van der Waals surface area contributed by atoms with E-state index in [4.69, 9.17) is 4.74 Å². The molecule has 0 radical (unpaired) electrons. The van der Waals surface area contributed by atoms with Crippen LogP contribution in [0.2, 0.25) is 0 Å². The molecule has 0 unspecified atom stereocenters. The first kappa shape index (κ1) is 17.3. The fourth-order valence-electron chi connectivity index (χ4n) is 2.43. The molecule has 1 aromatic carbocycles. The van der Waals surface area contributed by atoms with E-state index in [2.05, 4.69) is 4.98 Å². The van der Waals surface area contributed by atoms with Crippen LogP contribution >= 0.6 is 11.8 Å². The lowest BCUT2D eigenvalue weighted by atomic mass is 10.1. The van der Waals surface area contributed by atoms with Crippen molar-refractivity contribution >= 4 is 23.5 Å². The average Bonchev–Trinajstić information content (AvgIpc) is 2.82. The Kier molecular flexibility index (Phi) is 5.66. The minimum atomic E-state index is -0.418. The number of H-pyrrole nitrogens is 1. The molecule has 0 saturated carbocycles. The second kappa shape index (κ2) is 7.51. The van der Waals surface area contributed by atoms with Gasteiger partial charge < -0.3 is 9.72 Å². The minimum Gasteiger partial charge on any atom is -0.461 e. The first-order valence-electron chi connectivity index (χ1n) is 7.53. The number of ketones is 1. The molecular weight excluding hydrogens is 310 g/mol. The minimum absolute atomic E-state index is 0.0115. The van der Waals surface area contributed by atoms with Gasteiger partial charge in [0, 0.05) is 16.2 Å². The molecule has 2 aromatic rings. The average molecular weight is 331 g/mol. The molecule has 0 amide bonds. The molecule has 0 fully saturated rings. The molecule has 2 rings (SSSR count). The summed E-state index contributed by atoms with van der Waals surface area (Å²) in [5.74, 6) is -0.0686. The van der Waals surface area contributed by atoms with E-state index < -0.39 is 5.97 Å². The Bertz CT molecular complexity index is 717. The Morgan fingerprint density at radius 3 is 2.39 bits per heavy atom. The highest BCUT2D eigenvalue weighted by molar-refractivity contribution is 8.00. The molecule has 23 heavy (non-hydrogen) atoms. The number of ether oxygens (including phenoxy) is 1. The third kappa shape index (κ3) is 4.05. The number of aromatic nitrogens is 1. The maximum absolute atomic E-state index is 12.5. The topological polar surface area (TPSA) is 59.2 Å². The van der Waals surface area contributed by atoms with E-state index in [1.54, 1.807) is 20.8 Å². The molecule has 0 aliphatic carbocycles. The van der Waals surface area contributed by atoms with E-state index >= 15 is 0 Å². The van der Waals surface area contributed by atoms with Crippen LogP contribution in [0, 0.1) is 20.8 Å². The summed E-state index contributed by atoms with van der Waals surface area (Å²) in [5.41, 5.74) is 3.52. The van der Waals surface area contributed by atoms with Crippen molar-refractivity contribution in [3.63, 3.8) is 0 Å². The van der Waals surface area contributed by atoms with Crippen LogP contribution in [0.5, 0.6) is 0 Å². The third-order valence-electron chi connectivity index (χ3n) is 3.59. The van der Waals surface area contributed by atoms with E-state index in [0.29, 0.717) is 34.9 Å². The summed E-state index contributed by atoms with van der Waals surface area (Å²) in [5, 5.41) is 0. The normalized spacial score (nSPS) is 10.6. The molecule has 4 nitrogen and oxygen atoms in total. The van der Waals surface area contributed by atoms with Crippen molar-refractivity contribution in [2.75, 3.05) is 12.4 Å². The van der Waals surface area contributed by atoms with Gasteiger partial charge in [-0.3, -0.25) is 4.79 Å². The molecule has 0 bridgehead atoms. The number of carbonyl (C=O) groups is 2. The fraction of sp³-hybridized carbons (Fsp3) is 0.333. The van der Waals surface area contributed by atoms with Crippen LogP contribution in [0.25, 0.3) is 0 Å². The molecule has 122 valence electrons. The number of nitrogens with one attached hydrogen (secondary N) is 1. The Labute approximate surface area is 140 Å². The van der Waals surface area contributed by atoms with Crippen LogP contribution in [0.15, 0.2) is 29.2 Å². The highest BCUT2D eigenvalue weighted by Gasteiger charge is 2.22. The van der Waals surface area contributed by atoms with Gasteiger partial charge in [-0.05, 0) is 45.4 Å². The molecule has 0 saturated heterocycles. The monoisotopic (exact) mass is 331 g/mol. The van der Waals surface area contributed by atoms with Gasteiger partial charge in [0.1, 0.15) is 5.69 Å². The molecule has 1 N–H and O–H groups in total. The molecule has 1 heterocycles. The second-order valence-electron chi connectivity index (χ2n) is 5.37. The number of carbonyl (C=O) groups excluding carboxylic acids is 2. The third-order valence-corrected chi connectivity index (χ3v) is 4.60. The van der Waals surface area contributed by atoms with Crippen molar-refractivity contribution in [3.05, 3.63) is 52.3 Å². The number of thioether (sulfide) groups is 1. The van der Waals surface area contributed by atoms with Gasteiger partial charge in [0.25, 0.3) is 0 Å². The molecule has 5 heteroatoms. The summed E-state index contributed by atoms with van der Waals surface area (Å²) >= 11 is 1.50. The predicted molar refractivity (Wildman–Crippen MR) is 92.5 cm³/mol. The van der Waals surface area contributed by atoms with Crippen LogP contribution in [0.3, 0.4) is 0 Å². The lowest BCUT2D eigenvalue weighted by Crippen LogP contribution is -2.08. The van der Waals surface area contributed by atoms with Crippen LogP contribution in [0.4, 0.5) is 0 Å². The molecule has 1 aromatic heterocycles. The highest BCUT2D eigenvalue weighted by Crippen LogP contribution is 2.24. The Balaban J connectivity index is 2.13. The van der Waals surface area contributed by atoms with Crippen molar-refractivity contribution in [2.24, 2.45) is 0 Å². The van der Waals surface area contributed by atoms with E-state index in [-0.39, 0.29) is 5.78 Å². The van der Waals surface area contributed by atoms with Crippen LogP contribution in [0.1, 0.15) is 44.6 Å². The lowest BCUT2D eigenvalue weighted by molar-refractivity contribution is 0.0519. The van der Waals surface area contributed by atoms with Gasteiger partial charge in [0.05, 0.1) is 12.4 Å². The summed E-state index contributed by atoms with van der Waals surface area (Å²) in [7, 11) is 0. The van der Waals surface area contributed by atoms with Gasteiger partial charge in [-0.15, -0.1) is 11.8 Å². The van der Waals surface area contributed by atoms with E-state index in [1.807, 2.05) is 31.2 Å². The number of aromatic amines is 1. The lowest BCUT2D eigenvalue weighted by Gasteiger charge is -2.04.